The van der Waals surface area contributed by atoms with Gasteiger partial charge in [0.1, 0.15) is 0 Å². The van der Waals surface area contributed by atoms with Crippen LogP contribution in [0.2, 0.25) is 0 Å². The van der Waals surface area contributed by atoms with Crippen LogP contribution < -0.4 is 0 Å². The highest BCUT2D eigenvalue weighted by Gasteiger charge is 2.10. The summed E-state index contributed by atoms with van der Waals surface area (Å²) in [6, 6.07) is 16.2. The van der Waals surface area contributed by atoms with Gasteiger partial charge in [0.15, 0.2) is 11.6 Å². The molecule has 21 heavy (non-hydrogen) atoms. The maximum absolute atomic E-state index is 4.87. The first-order valence-electron chi connectivity index (χ1n) is 6.51. The number of pyridine rings is 1. The third-order valence-electron chi connectivity index (χ3n) is 3.42. The van der Waals surface area contributed by atoms with Gasteiger partial charge in [0.25, 0.3) is 0 Å². The molecule has 4 aromatic rings. The summed E-state index contributed by atoms with van der Waals surface area (Å²) in [6.07, 6.45) is 0. The highest BCUT2D eigenvalue weighted by Crippen LogP contribution is 2.28. The van der Waals surface area contributed by atoms with Gasteiger partial charge in [-0.25, -0.2) is 9.97 Å². The summed E-state index contributed by atoms with van der Waals surface area (Å²) in [5.74, 6) is 1.22. The highest BCUT2D eigenvalue weighted by atomic mass is 32.1. The Bertz CT molecular complexity index is 974. The number of fused-ring (bicyclic) bond motifs is 2. The summed E-state index contributed by atoms with van der Waals surface area (Å²) >= 11 is 4.87. The predicted octanol–water partition coefficient (Wildman–Crippen LogP) is 3.52. The molecule has 4 rings (SSSR count). The van der Waals surface area contributed by atoms with Crippen molar-refractivity contribution in [3.05, 3.63) is 54.4 Å². The van der Waals surface area contributed by atoms with Gasteiger partial charge in [0, 0.05) is 21.7 Å². The van der Waals surface area contributed by atoms with Crippen LogP contribution >= 0.6 is 12.2 Å². The molecular weight excluding hydrogens is 280 g/mol. The smallest absolute Gasteiger partial charge is 0.182 e. The summed E-state index contributed by atoms with van der Waals surface area (Å²) in [4.78, 5) is 9.07. The molecule has 0 atom stereocenters. The Morgan fingerprint density at radius 1 is 0.952 bits per heavy atom. The van der Waals surface area contributed by atoms with Crippen molar-refractivity contribution < 1.29 is 0 Å². The normalized spacial score (nSPS) is 11.0. The van der Waals surface area contributed by atoms with Crippen LogP contribution in [0, 0.1) is 0 Å². The van der Waals surface area contributed by atoms with E-state index in [9.17, 15) is 0 Å². The maximum atomic E-state index is 4.87. The van der Waals surface area contributed by atoms with Gasteiger partial charge in [-0.05, 0) is 18.2 Å². The van der Waals surface area contributed by atoms with Crippen molar-refractivity contribution in [2.75, 3.05) is 0 Å². The van der Waals surface area contributed by atoms with E-state index in [4.69, 9.17) is 17.2 Å². The lowest BCUT2D eigenvalue weighted by Gasteiger charge is -2.05. The number of hydrogen-bond acceptors (Lipinski definition) is 4. The van der Waals surface area contributed by atoms with Gasteiger partial charge in [0.05, 0.1) is 11.0 Å². The zero-order valence-corrected chi connectivity index (χ0v) is 11.8. The van der Waals surface area contributed by atoms with Crippen LogP contribution in [0.15, 0.2) is 48.5 Å². The molecule has 4 nitrogen and oxygen atoms in total. The first kappa shape index (κ1) is 12.1. The minimum absolute atomic E-state index is 0.589. The number of benzene rings is 2. The number of para-hydroxylation sites is 1. The molecule has 0 unspecified atom stereocenters. The summed E-state index contributed by atoms with van der Waals surface area (Å²) in [6.45, 7) is 0. The Balaban J connectivity index is 2.04. The molecule has 0 saturated heterocycles. The summed E-state index contributed by atoms with van der Waals surface area (Å²) in [5.41, 5.74) is 2.86. The zero-order chi connectivity index (χ0) is 14.2. The van der Waals surface area contributed by atoms with E-state index < -0.39 is 0 Å². The van der Waals surface area contributed by atoms with Gasteiger partial charge in [0.2, 0.25) is 0 Å². The number of nitrogens with zero attached hydrogens (tertiary/aromatic N) is 3. The van der Waals surface area contributed by atoms with Crippen molar-refractivity contribution in [2.24, 2.45) is 0 Å². The van der Waals surface area contributed by atoms with Gasteiger partial charge < -0.3 is 0 Å². The molecule has 0 spiro atoms. The van der Waals surface area contributed by atoms with Crippen LogP contribution in [0.4, 0.5) is 0 Å². The Morgan fingerprint density at radius 3 is 2.67 bits per heavy atom. The van der Waals surface area contributed by atoms with Crippen molar-refractivity contribution in [1.82, 2.24) is 20.2 Å². The quantitative estimate of drug-likeness (QED) is 0.453. The van der Waals surface area contributed by atoms with E-state index in [1.165, 1.54) is 5.37 Å². The first-order valence-corrected chi connectivity index (χ1v) is 6.99. The fourth-order valence-corrected chi connectivity index (χ4v) is 2.55. The molecule has 0 aliphatic rings. The van der Waals surface area contributed by atoms with E-state index in [0.29, 0.717) is 11.6 Å². The monoisotopic (exact) mass is 290 g/mol. The van der Waals surface area contributed by atoms with Crippen LogP contribution in [0.3, 0.4) is 0 Å². The Labute approximate surface area is 125 Å². The zero-order valence-electron chi connectivity index (χ0n) is 10.9. The maximum Gasteiger partial charge on any atom is 0.182 e. The minimum Gasteiger partial charge on any atom is -0.258 e. The number of aromatic nitrogens is 4. The molecule has 0 bridgehead atoms. The molecule has 0 aliphatic carbocycles. The number of rotatable bonds is 2. The summed E-state index contributed by atoms with van der Waals surface area (Å²) in [7, 11) is 0. The standard InChI is InChI=1S/C16H10N4S/c21-9-15-18-16(20-19-15)11-5-3-7-14-12(11)8-10-4-1-2-6-13(10)17-14/h1-9H,(H,18,19,20). The van der Waals surface area contributed by atoms with Gasteiger partial charge in [-0.2, -0.15) is 5.10 Å². The molecule has 2 heterocycles. The summed E-state index contributed by atoms with van der Waals surface area (Å²) in [5, 5.41) is 10.7. The second kappa shape index (κ2) is 4.71. The summed E-state index contributed by atoms with van der Waals surface area (Å²) < 4.78 is 0. The molecule has 2 aromatic carbocycles. The second-order valence-electron chi connectivity index (χ2n) is 4.72. The Kier molecular flexibility index (Phi) is 2.72. The van der Waals surface area contributed by atoms with E-state index in [2.05, 4.69) is 27.3 Å². The number of H-pyrrole nitrogens is 1. The molecule has 0 amide bonds. The van der Waals surface area contributed by atoms with Crippen LogP contribution in [0.5, 0.6) is 0 Å². The molecule has 0 fully saturated rings. The molecule has 0 aliphatic heterocycles. The number of thiocarbonyl (C=S) groups is 1. The van der Waals surface area contributed by atoms with E-state index in [1.807, 2.05) is 36.4 Å². The number of nitrogens with one attached hydrogen (secondary N) is 1. The third kappa shape index (κ3) is 1.98. The van der Waals surface area contributed by atoms with E-state index in [-0.39, 0.29) is 0 Å². The predicted molar refractivity (Wildman–Crippen MR) is 87.4 cm³/mol. The molecule has 5 heteroatoms. The van der Waals surface area contributed by atoms with Crippen LogP contribution in [-0.4, -0.2) is 25.5 Å². The molecule has 0 radical (unpaired) electrons. The lowest BCUT2D eigenvalue weighted by atomic mass is 10.1. The van der Waals surface area contributed by atoms with Gasteiger partial charge in [-0.15, -0.1) is 0 Å². The molecule has 1 N–H and O–H groups in total. The van der Waals surface area contributed by atoms with E-state index in [0.717, 1.165) is 27.4 Å². The average Bonchev–Trinajstić information content (AvgIpc) is 3.01. The molecule has 0 saturated carbocycles. The van der Waals surface area contributed by atoms with E-state index >= 15 is 0 Å². The lowest BCUT2D eigenvalue weighted by Crippen LogP contribution is -1.87. The van der Waals surface area contributed by atoms with Crippen molar-refractivity contribution >= 4 is 39.4 Å². The van der Waals surface area contributed by atoms with Gasteiger partial charge in [-0.3, -0.25) is 5.10 Å². The van der Waals surface area contributed by atoms with Crippen molar-refractivity contribution in [2.45, 2.75) is 0 Å². The minimum atomic E-state index is 0.589. The van der Waals surface area contributed by atoms with Gasteiger partial charge >= 0.3 is 0 Å². The SMILES string of the molecule is S=Cc1nc(-c2cccc3nc4ccccc4cc23)n[nH]1. The Morgan fingerprint density at radius 2 is 1.81 bits per heavy atom. The van der Waals surface area contributed by atoms with Crippen molar-refractivity contribution in [3.8, 4) is 11.4 Å². The third-order valence-corrected chi connectivity index (χ3v) is 3.64. The van der Waals surface area contributed by atoms with Crippen LogP contribution in [-0.2, 0) is 0 Å². The second-order valence-corrected chi connectivity index (χ2v) is 4.95. The first-order chi connectivity index (χ1) is 10.3. The van der Waals surface area contributed by atoms with Gasteiger partial charge in [-0.1, -0.05) is 42.5 Å². The number of hydrogen-bond donors (Lipinski definition) is 1. The topological polar surface area (TPSA) is 54.5 Å². The fraction of sp³-hybridized carbons (Fsp3) is 0. The molecular formula is C16H10N4S. The molecule has 2 aromatic heterocycles. The van der Waals surface area contributed by atoms with E-state index in [1.54, 1.807) is 0 Å². The van der Waals surface area contributed by atoms with Crippen molar-refractivity contribution in [3.63, 3.8) is 0 Å². The fourth-order valence-electron chi connectivity index (χ4n) is 2.44. The lowest BCUT2D eigenvalue weighted by molar-refractivity contribution is 1.09. The molecule has 100 valence electrons. The van der Waals surface area contributed by atoms with Crippen LogP contribution in [0.1, 0.15) is 5.82 Å². The van der Waals surface area contributed by atoms with Crippen LogP contribution in [0.25, 0.3) is 33.2 Å². The average molecular weight is 290 g/mol. The van der Waals surface area contributed by atoms with Crippen molar-refractivity contribution in [1.29, 1.82) is 0 Å². The Hall–Kier alpha value is -2.66. The highest BCUT2D eigenvalue weighted by molar-refractivity contribution is 7.79. The largest absolute Gasteiger partial charge is 0.258 e. The number of aromatic amines is 1.